The van der Waals surface area contributed by atoms with Gasteiger partial charge in [0.1, 0.15) is 11.4 Å². The molecule has 1 atom stereocenters. The van der Waals surface area contributed by atoms with Crippen LogP contribution in [0.4, 0.5) is 4.79 Å². The Morgan fingerprint density at radius 3 is 2.38 bits per heavy atom. The van der Waals surface area contributed by atoms with Crippen LogP contribution in [0.1, 0.15) is 43.5 Å². The van der Waals surface area contributed by atoms with Crippen LogP contribution in [0, 0.1) is 6.92 Å². The molecule has 2 aromatic carbocycles. The van der Waals surface area contributed by atoms with E-state index in [4.69, 9.17) is 14.2 Å². The summed E-state index contributed by atoms with van der Waals surface area (Å²) < 4.78 is 16.1. The van der Waals surface area contributed by atoms with Crippen LogP contribution in [0.15, 0.2) is 36.4 Å². The number of carbonyl (C=O) groups is 1. The number of fused-ring (bicyclic) bond motifs is 1. The van der Waals surface area contributed by atoms with Crippen molar-refractivity contribution in [2.75, 3.05) is 6.79 Å². The third kappa shape index (κ3) is 4.02. The molecular weight excluding hydrogens is 334 g/mol. The second-order valence-corrected chi connectivity index (χ2v) is 7.25. The van der Waals surface area contributed by atoms with Gasteiger partial charge in [-0.1, -0.05) is 29.8 Å². The maximum Gasteiger partial charge on any atom is 0.408 e. The van der Waals surface area contributed by atoms with Gasteiger partial charge in [-0.25, -0.2) is 4.79 Å². The molecule has 138 valence electrons. The molecule has 3 rings (SSSR count). The molecule has 0 radical (unpaired) electrons. The number of phenolic OH excluding ortho intramolecular Hbond substituents is 1. The third-order valence-corrected chi connectivity index (χ3v) is 3.90. The highest BCUT2D eigenvalue weighted by Gasteiger charge is 2.26. The number of amides is 1. The summed E-state index contributed by atoms with van der Waals surface area (Å²) in [5.41, 5.74) is 1.79. The second kappa shape index (κ2) is 6.78. The van der Waals surface area contributed by atoms with Gasteiger partial charge < -0.3 is 24.6 Å². The summed E-state index contributed by atoms with van der Waals surface area (Å²) in [6.07, 6.45) is -0.569. The fraction of sp³-hybridized carbons (Fsp3) is 0.350. The summed E-state index contributed by atoms with van der Waals surface area (Å²) in [4.78, 5) is 12.4. The quantitative estimate of drug-likeness (QED) is 0.867. The van der Waals surface area contributed by atoms with Gasteiger partial charge in [0.15, 0.2) is 11.5 Å². The average molecular weight is 357 g/mol. The Balaban J connectivity index is 1.98. The largest absolute Gasteiger partial charge is 0.507 e. The molecule has 0 fully saturated rings. The van der Waals surface area contributed by atoms with E-state index in [1.54, 1.807) is 26.8 Å². The van der Waals surface area contributed by atoms with Crippen molar-refractivity contribution >= 4 is 6.09 Å². The average Bonchev–Trinajstić information content (AvgIpc) is 2.98. The maximum absolute atomic E-state index is 12.4. The highest BCUT2D eigenvalue weighted by Crippen LogP contribution is 2.41. The van der Waals surface area contributed by atoms with E-state index < -0.39 is 17.7 Å². The molecule has 0 spiro atoms. The van der Waals surface area contributed by atoms with Gasteiger partial charge in [-0.05, 0) is 39.3 Å². The molecule has 0 bridgehead atoms. The predicted octanol–water partition coefficient (Wildman–Crippen LogP) is 4.04. The molecule has 0 unspecified atom stereocenters. The van der Waals surface area contributed by atoms with Gasteiger partial charge in [-0.3, -0.25) is 0 Å². The number of ether oxygens (including phenoxy) is 3. The first-order chi connectivity index (χ1) is 12.2. The highest BCUT2D eigenvalue weighted by atomic mass is 16.7. The first kappa shape index (κ1) is 17.9. The molecule has 2 aromatic rings. The number of alkyl carbamates (subject to hydrolysis) is 1. The number of hydrogen-bond acceptors (Lipinski definition) is 5. The van der Waals surface area contributed by atoms with Crippen LogP contribution in [-0.4, -0.2) is 23.6 Å². The minimum absolute atomic E-state index is 0.0101. The highest BCUT2D eigenvalue weighted by molar-refractivity contribution is 5.70. The van der Waals surface area contributed by atoms with Gasteiger partial charge in [0, 0.05) is 11.6 Å². The smallest absolute Gasteiger partial charge is 0.408 e. The van der Waals surface area contributed by atoms with Gasteiger partial charge in [0.25, 0.3) is 0 Å². The summed E-state index contributed by atoms with van der Waals surface area (Å²) in [6, 6.07) is 10.3. The van der Waals surface area contributed by atoms with Gasteiger partial charge in [-0.15, -0.1) is 0 Å². The van der Waals surface area contributed by atoms with Gasteiger partial charge in [0.2, 0.25) is 6.79 Å². The van der Waals surface area contributed by atoms with E-state index in [-0.39, 0.29) is 12.5 Å². The summed E-state index contributed by atoms with van der Waals surface area (Å²) in [6.45, 7) is 7.48. The third-order valence-electron chi connectivity index (χ3n) is 3.90. The molecule has 0 aromatic heterocycles. The number of carbonyl (C=O) groups excluding carboxylic acids is 1. The lowest BCUT2D eigenvalue weighted by atomic mass is 9.96. The molecular formula is C20H23NO5. The molecule has 1 aliphatic heterocycles. The SMILES string of the molecule is Cc1ccc([C@@H](NC(=O)OC(C)(C)C)c2cc3c(cc2O)OCO3)cc1. The zero-order valence-corrected chi connectivity index (χ0v) is 15.3. The van der Waals surface area contributed by atoms with Gasteiger partial charge >= 0.3 is 6.09 Å². The van der Waals surface area contributed by atoms with Crippen molar-refractivity contribution in [3.05, 3.63) is 53.1 Å². The van der Waals surface area contributed by atoms with Crippen LogP contribution >= 0.6 is 0 Å². The molecule has 1 aliphatic rings. The fourth-order valence-electron chi connectivity index (χ4n) is 2.70. The van der Waals surface area contributed by atoms with Crippen LogP contribution in [-0.2, 0) is 4.74 Å². The fourth-order valence-corrected chi connectivity index (χ4v) is 2.70. The monoisotopic (exact) mass is 357 g/mol. The van der Waals surface area contributed by atoms with E-state index in [9.17, 15) is 9.90 Å². The lowest BCUT2D eigenvalue weighted by Gasteiger charge is -2.25. The van der Waals surface area contributed by atoms with Crippen molar-refractivity contribution in [3.8, 4) is 17.2 Å². The number of nitrogens with one attached hydrogen (secondary N) is 1. The minimum Gasteiger partial charge on any atom is -0.507 e. The molecule has 2 N–H and O–H groups in total. The maximum atomic E-state index is 12.4. The van der Waals surface area contributed by atoms with Crippen molar-refractivity contribution in [1.82, 2.24) is 5.32 Å². The van der Waals surface area contributed by atoms with Crippen molar-refractivity contribution in [1.29, 1.82) is 0 Å². The van der Waals surface area contributed by atoms with Crippen LogP contribution in [0.2, 0.25) is 0 Å². The second-order valence-electron chi connectivity index (χ2n) is 7.25. The molecule has 1 amide bonds. The summed E-state index contributed by atoms with van der Waals surface area (Å²) >= 11 is 0. The number of benzene rings is 2. The number of aromatic hydroxyl groups is 1. The Morgan fingerprint density at radius 2 is 1.77 bits per heavy atom. The first-order valence-corrected chi connectivity index (χ1v) is 8.41. The Morgan fingerprint density at radius 1 is 1.15 bits per heavy atom. The molecule has 0 aliphatic carbocycles. The van der Waals surface area contributed by atoms with Crippen LogP contribution in [0.5, 0.6) is 17.2 Å². The van der Waals surface area contributed by atoms with E-state index in [1.165, 1.54) is 6.07 Å². The van der Waals surface area contributed by atoms with E-state index in [2.05, 4.69) is 5.32 Å². The Bertz CT molecular complexity index is 808. The Labute approximate surface area is 152 Å². The van der Waals surface area contributed by atoms with Crippen molar-refractivity contribution in [3.63, 3.8) is 0 Å². The molecule has 0 saturated heterocycles. The lowest BCUT2D eigenvalue weighted by molar-refractivity contribution is 0.0512. The van der Waals surface area contributed by atoms with Crippen molar-refractivity contribution < 1.29 is 24.1 Å². The lowest BCUT2D eigenvalue weighted by Crippen LogP contribution is -2.35. The topological polar surface area (TPSA) is 77.0 Å². The minimum atomic E-state index is -0.626. The number of hydrogen-bond donors (Lipinski definition) is 2. The molecule has 26 heavy (non-hydrogen) atoms. The van der Waals surface area contributed by atoms with Gasteiger partial charge in [0.05, 0.1) is 6.04 Å². The summed E-state index contributed by atoms with van der Waals surface area (Å²) in [7, 11) is 0. The molecule has 0 saturated carbocycles. The summed E-state index contributed by atoms with van der Waals surface area (Å²) in [5.74, 6) is 1.02. The predicted molar refractivity (Wildman–Crippen MR) is 96.6 cm³/mol. The number of rotatable bonds is 3. The zero-order chi connectivity index (χ0) is 18.9. The molecule has 6 heteroatoms. The van der Waals surface area contributed by atoms with Crippen LogP contribution in [0.3, 0.4) is 0 Å². The zero-order valence-electron chi connectivity index (χ0n) is 15.3. The Hall–Kier alpha value is -2.89. The normalized spacial score (nSPS) is 14.0. The van der Waals surface area contributed by atoms with Crippen LogP contribution in [0.25, 0.3) is 0 Å². The van der Waals surface area contributed by atoms with E-state index in [0.717, 1.165) is 11.1 Å². The van der Waals surface area contributed by atoms with E-state index in [1.807, 2.05) is 31.2 Å². The van der Waals surface area contributed by atoms with Crippen molar-refractivity contribution in [2.24, 2.45) is 0 Å². The number of phenols is 1. The Kier molecular flexibility index (Phi) is 4.68. The molecule has 6 nitrogen and oxygen atoms in total. The van der Waals surface area contributed by atoms with Crippen LogP contribution < -0.4 is 14.8 Å². The first-order valence-electron chi connectivity index (χ1n) is 8.41. The standard InChI is InChI=1S/C20H23NO5/c1-12-5-7-13(8-6-12)18(21-19(23)26-20(2,3)4)14-9-16-17(10-15(14)22)25-11-24-16/h5-10,18,22H,11H2,1-4H3,(H,21,23)/t18-/m1/s1. The van der Waals surface area contributed by atoms with E-state index in [0.29, 0.717) is 17.1 Å². The van der Waals surface area contributed by atoms with Crippen molar-refractivity contribution in [2.45, 2.75) is 39.3 Å². The van der Waals surface area contributed by atoms with Gasteiger partial charge in [-0.2, -0.15) is 0 Å². The summed E-state index contributed by atoms with van der Waals surface area (Å²) in [5, 5.41) is 13.3. The number of aryl methyl sites for hydroxylation is 1. The van der Waals surface area contributed by atoms with E-state index >= 15 is 0 Å². The molecule has 1 heterocycles.